The Labute approximate surface area is 126 Å². The summed E-state index contributed by atoms with van der Waals surface area (Å²) in [6, 6.07) is 0.831. The number of carbonyl (C=O) groups excluding carboxylic acids is 1. The molecule has 5 nitrogen and oxygen atoms in total. The first-order chi connectivity index (χ1) is 10.2. The van der Waals surface area contributed by atoms with Crippen LogP contribution in [0.25, 0.3) is 0 Å². The zero-order chi connectivity index (χ0) is 14.7. The molecule has 0 radical (unpaired) electrons. The molecular formula is C16H26N4O. The van der Waals surface area contributed by atoms with Crippen LogP contribution in [0.1, 0.15) is 56.6 Å². The van der Waals surface area contributed by atoms with E-state index in [1.54, 1.807) is 0 Å². The number of likely N-dealkylation sites (tertiary alicyclic amines) is 1. The molecule has 1 unspecified atom stereocenters. The van der Waals surface area contributed by atoms with E-state index in [4.69, 9.17) is 0 Å². The Morgan fingerprint density at radius 1 is 1.24 bits per heavy atom. The molecule has 5 heteroatoms. The summed E-state index contributed by atoms with van der Waals surface area (Å²) in [4.78, 5) is 14.3. The van der Waals surface area contributed by atoms with E-state index in [1.807, 2.05) is 15.8 Å². The van der Waals surface area contributed by atoms with Gasteiger partial charge in [-0.15, -0.1) is 0 Å². The number of nitrogens with zero attached hydrogens (tertiary/aromatic N) is 3. The quantitative estimate of drug-likeness (QED) is 0.851. The molecule has 1 aromatic rings. The summed E-state index contributed by atoms with van der Waals surface area (Å²) in [6.07, 6.45) is 12.4. The molecule has 21 heavy (non-hydrogen) atoms. The maximum Gasteiger partial charge on any atom is 0.317 e. The van der Waals surface area contributed by atoms with Gasteiger partial charge in [-0.25, -0.2) is 4.79 Å². The van der Waals surface area contributed by atoms with Crippen LogP contribution in [0.4, 0.5) is 4.79 Å². The monoisotopic (exact) mass is 290 g/mol. The Hall–Kier alpha value is -1.52. The van der Waals surface area contributed by atoms with Crippen molar-refractivity contribution < 1.29 is 4.79 Å². The number of aromatic nitrogens is 2. The third-order valence-corrected chi connectivity index (χ3v) is 4.74. The summed E-state index contributed by atoms with van der Waals surface area (Å²) >= 11 is 0. The fraction of sp³-hybridized carbons (Fsp3) is 0.750. The van der Waals surface area contributed by atoms with Gasteiger partial charge in [0, 0.05) is 25.3 Å². The predicted octanol–water partition coefficient (Wildman–Crippen LogP) is 2.87. The fourth-order valence-electron chi connectivity index (χ4n) is 3.46. The molecule has 0 aromatic carbocycles. The van der Waals surface area contributed by atoms with Crippen molar-refractivity contribution in [3.63, 3.8) is 0 Å². The molecule has 1 saturated carbocycles. The van der Waals surface area contributed by atoms with Crippen molar-refractivity contribution in [1.82, 2.24) is 20.0 Å². The molecule has 1 saturated heterocycles. The highest BCUT2D eigenvalue weighted by molar-refractivity contribution is 5.74. The minimum absolute atomic E-state index is 0.119. The van der Waals surface area contributed by atoms with Crippen LogP contribution < -0.4 is 5.32 Å². The molecule has 1 atom stereocenters. The number of nitrogens with one attached hydrogen (secondary N) is 1. The summed E-state index contributed by atoms with van der Waals surface area (Å²) in [5.74, 6) is 0. The molecule has 2 amide bonds. The molecule has 0 bridgehead atoms. The molecule has 0 spiro atoms. The van der Waals surface area contributed by atoms with Crippen LogP contribution in [0.2, 0.25) is 0 Å². The van der Waals surface area contributed by atoms with Gasteiger partial charge in [0.2, 0.25) is 0 Å². The van der Waals surface area contributed by atoms with Gasteiger partial charge in [0.25, 0.3) is 0 Å². The van der Waals surface area contributed by atoms with Gasteiger partial charge >= 0.3 is 6.03 Å². The van der Waals surface area contributed by atoms with Crippen molar-refractivity contribution in [3.05, 3.63) is 18.0 Å². The Balaban J connectivity index is 1.52. The van der Waals surface area contributed by atoms with Crippen molar-refractivity contribution in [2.24, 2.45) is 0 Å². The summed E-state index contributed by atoms with van der Waals surface area (Å²) in [5.41, 5.74) is 1.18. The lowest BCUT2D eigenvalue weighted by Crippen LogP contribution is -2.43. The van der Waals surface area contributed by atoms with Crippen LogP contribution in [-0.2, 0) is 0 Å². The first-order valence-electron chi connectivity index (χ1n) is 8.28. The molecule has 1 aromatic heterocycles. The van der Waals surface area contributed by atoms with Crippen molar-refractivity contribution in [1.29, 1.82) is 0 Å². The number of amides is 2. The van der Waals surface area contributed by atoms with Crippen LogP contribution in [0.3, 0.4) is 0 Å². The van der Waals surface area contributed by atoms with Crippen LogP contribution in [0.5, 0.6) is 0 Å². The molecule has 116 valence electrons. The standard InChI is InChI=1S/C16H26N4O/c1-13-10-17-20(11-13)15-8-9-19(12-15)16(21)18-14-6-4-2-3-5-7-14/h10-11,14-15H,2-9,12H2,1H3,(H,18,21). The van der Waals surface area contributed by atoms with E-state index >= 15 is 0 Å². The van der Waals surface area contributed by atoms with Crippen molar-refractivity contribution >= 4 is 6.03 Å². The number of hydrogen-bond acceptors (Lipinski definition) is 2. The van der Waals surface area contributed by atoms with E-state index in [-0.39, 0.29) is 6.03 Å². The van der Waals surface area contributed by atoms with Crippen LogP contribution in [0, 0.1) is 6.92 Å². The highest BCUT2D eigenvalue weighted by Gasteiger charge is 2.28. The molecule has 1 aliphatic heterocycles. The van der Waals surface area contributed by atoms with Gasteiger partial charge in [-0.1, -0.05) is 25.7 Å². The van der Waals surface area contributed by atoms with Gasteiger partial charge in [0.15, 0.2) is 0 Å². The molecule has 3 rings (SSSR count). The zero-order valence-corrected chi connectivity index (χ0v) is 12.9. The molecule has 2 heterocycles. The van der Waals surface area contributed by atoms with Gasteiger partial charge in [0.05, 0.1) is 12.2 Å². The maximum atomic E-state index is 12.4. The molecule has 1 N–H and O–H groups in total. The lowest BCUT2D eigenvalue weighted by molar-refractivity contribution is 0.201. The minimum atomic E-state index is 0.119. The van der Waals surface area contributed by atoms with Gasteiger partial charge < -0.3 is 10.2 Å². The minimum Gasteiger partial charge on any atom is -0.335 e. The number of carbonyl (C=O) groups is 1. The molecular weight excluding hydrogens is 264 g/mol. The van der Waals surface area contributed by atoms with Gasteiger partial charge in [-0.05, 0) is 31.7 Å². The topological polar surface area (TPSA) is 50.2 Å². The first kappa shape index (κ1) is 14.4. The van der Waals surface area contributed by atoms with Crippen LogP contribution >= 0.6 is 0 Å². The predicted molar refractivity (Wildman–Crippen MR) is 82.2 cm³/mol. The van der Waals surface area contributed by atoms with E-state index in [0.717, 1.165) is 32.4 Å². The number of hydrogen-bond donors (Lipinski definition) is 1. The summed E-state index contributed by atoms with van der Waals surface area (Å²) in [6.45, 7) is 3.66. The highest BCUT2D eigenvalue weighted by atomic mass is 16.2. The second kappa shape index (κ2) is 6.50. The van der Waals surface area contributed by atoms with Gasteiger partial charge in [-0.2, -0.15) is 5.10 Å². The van der Waals surface area contributed by atoms with E-state index in [9.17, 15) is 4.79 Å². The third-order valence-electron chi connectivity index (χ3n) is 4.74. The SMILES string of the molecule is Cc1cnn(C2CCN(C(=O)NC3CCCCCC3)C2)c1. The van der Waals surface area contributed by atoms with Gasteiger partial charge in [0.1, 0.15) is 0 Å². The summed E-state index contributed by atoms with van der Waals surface area (Å²) in [5, 5.41) is 7.61. The van der Waals surface area contributed by atoms with Crippen molar-refractivity contribution in [2.45, 2.75) is 64.0 Å². The van der Waals surface area contributed by atoms with Gasteiger partial charge in [-0.3, -0.25) is 4.68 Å². The maximum absolute atomic E-state index is 12.4. The fourth-order valence-corrected chi connectivity index (χ4v) is 3.46. The average molecular weight is 290 g/mol. The first-order valence-corrected chi connectivity index (χ1v) is 8.28. The highest BCUT2D eigenvalue weighted by Crippen LogP contribution is 2.22. The molecule has 1 aliphatic carbocycles. The normalized spacial score (nSPS) is 24.0. The lowest BCUT2D eigenvalue weighted by atomic mass is 10.1. The van der Waals surface area contributed by atoms with E-state index < -0.39 is 0 Å². The Bertz CT molecular complexity index is 476. The van der Waals surface area contributed by atoms with Crippen molar-refractivity contribution in [3.8, 4) is 0 Å². The van der Waals surface area contributed by atoms with E-state index in [0.29, 0.717) is 12.1 Å². The number of rotatable bonds is 2. The Kier molecular flexibility index (Phi) is 4.46. The summed E-state index contributed by atoms with van der Waals surface area (Å²) < 4.78 is 2.01. The summed E-state index contributed by atoms with van der Waals surface area (Å²) in [7, 11) is 0. The van der Waals surface area contributed by atoms with E-state index in [2.05, 4.69) is 23.5 Å². The molecule has 2 fully saturated rings. The van der Waals surface area contributed by atoms with Crippen LogP contribution in [0.15, 0.2) is 12.4 Å². The molecule has 2 aliphatic rings. The zero-order valence-electron chi connectivity index (χ0n) is 12.9. The van der Waals surface area contributed by atoms with Crippen molar-refractivity contribution in [2.75, 3.05) is 13.1 Å². The largest absolute Gasteiger partial charge is 0.335 e. The van der Waals surface area contributed by atoms with Crippen LogP contribution in [-0.4, -0.2) is 39.8 Å². The average Bonchev–Trinajstić information content (AvgIpc) is 3.04. The second-order valence-electron chi connectivity index (χ2n) is 6.52. The number of aryl methyl sites for hydroxylation is 1. The Morgan fingerprint density at radius 2 is 2.00 bits per heavy atom. The smallest absolute Gasteiger partial charge is 0.317 e. The lowest BCUT2D eigenvalue weighted by Gasteiger charge is -2.22. The number of urea groups is 1. The Morgan fingerprint density at radius 3 is 2.67 bits per heavy atom. The van der Waals surface area contributed by atoms with E-state index in [1.165, 1.54) is 31.2 Å². The second-order valence-corrected chi connectivity index (χ2v) is 6.52. The third kappa shape index (κ3) is 3.57.